The highest BCUT2D eigenvalue weighted by Crippen LogP contribution is 2.21. The minimum atomic E-state index is 0.104. The smallest absolute Gasteiger partial charge is 0.265 e. The van der Waals surface area contributed by atoms with Gasteiger partial charge in [-0.3, -0.25) is 9.78 Å². The van der Waals surface area contributed by atoms with Crippen LogP contribution in [0.25, 0.3) is 0 Å². The quantitative estimate of drug-likeness (QED) is 0.847. The van der Waals surface area contributed by atoms with E-state index in [0.717, 1.165) is 30.8 Å². The van der Waals surface area contributed by atoms with Gasteiger partial charge in [0.15, 0.2) is 0 Å². The van der Waals surface area contributed by atoms with Crippen LogP contribution < -0.4 is 5.73 Å². The van der Waals surface area contributed by atoms with Gasteiger partial charge in [-0.1, -0.05) is 13.3 Å². The zero-order chi connectivity index (χ0) is 11.5. The van der Waals surface area contributed by atoms with Crippen LogP contribution in [0.2, 0.25) is 0 Å². The number of carbonyl (C=O) groups is 1. The Bertz CT molecular complexity index is 352. The van der Waals surface area contributed by atoms with E-state index in [-0.39, 0.29) is 11.9 Å². The van der Waals surface area contributed by atoms with Gasteiger partial charge in [0.05, 0.1) is 11.7 Å². The van der Waals surface area contributed by atoms with Crippen LogP contribution in [-0.2, 0) is 0 Å². The summed E-state index contributed by atoms with van der Waals surface area (Å²) in [5.74, 6) is 0.540. The lowest BCUT2D eigenvalue weighted by Gasteiger charge is -2.36. The first-order valence-corrected chi connectivity index (χ1v) is 6.53. The second kappa shape index (κ2) is 4.93. The molecular formula is C11H17N3OS. The van der Waals surface area contributed by atoms with E-state index in [4.69, 9.17) is 5.73 Å². The fraction of sp³-hybridized carbons (Fsp3) is 0.636. The van der Waals surface area contributed by atoms with Crippen molar-refractivity contribution < 1.29 is 4.79 Å². The van der Waals surface area contributed by atoms with E-state index in [0.29, 0.717) is 5.92 Å². The second-order valence-electron chi connectivity index (χ2n) is 4.24. The average molecular weight is 239 g/mol. The average Bonchev–Trinajstić information content (AvgIpc) is 2.82. The van der Waals surface area contributed by atoms with Crippen LogP contribution >= 0.6 is 11.3 Å². The van der Waals surface area contributed by atoms with Crippen molar-refractivity contribution in [1.82, 2.24) is 9.88 Å². The molecule has 4 nitrogen and oxygen atoms in total. The van der Waals surface area contributed by atoms with Crippen LogP contribution in [0.4, 0.5) is 0 Å². The van der Waals surface area contributed by atoms with Crippen LogP contribution in [0.5, 0.6) is 0 Å². The van der Waals surface area contributed by atoms with Gasteiger partial charge < -0.3 is 10.6 Å². The van der Waals surface area contributed by atoms with Crippen molar-refractivity contribution in [3.8, 4) is 0 Å². The maximum atomic E-state index is 12.1. The minimum absolute atomic E-state index is 0.104. The van der Waals surface area contributed by atoms with Gasteiger partial charge in [0.1, 0.15) is 4.88 Å². The summed E-state index contributed by atoms with van der Waals surface area (Å²) >= 11 is 1.40. The molecule has 5 heteroatoms. The van der Waals surface area contributed by atoms with E-state index in [1.54, 1.807) is 11.7 Å². The SMILES string of the molecule is CCC1CN(C(=O)c2cncs2)CCC1N. The zero-order valence-electron chi connectivity index (χ0n) is 9.43. The number of likely N-dealkylation sites (tertiary alicyclic amines) is 1. The van der Waals surface area contributed by atoms with E-state index in [2.05, 4.69) is 11.9 Å². The van der Waals surface area contributed by atoms with E-state index in [1.807, 2.05) is 4.90 Å². The number of amides is 1. The van der Waals surface area contributed by atoms with E-state index in [1.165, 1.54) is 11.3 Å². The molecule has 1 aromatic rings. The fourth-order valence-electron chi connectivity index (χ4n) is 2.14. The highest BCUT2D eigenvalue weighted by Gasteiger charge is 2.28. The van der Waals surface area contributed by atoms with Crippen molar-refractivity contribution in [3.63, 3.8) is 0 Å². The number of carbonyl (C=O) groups excluding carboxylic acids is 1. The van der Waals surface area contributed by atoms with Crippen LogP contribution in [0.3, 0.4) is 0 Å². The van der Waals surface area contributed by atoms with Crippen molar-refractivity contribution in [1.29, 1.82) is 0 Å². The van der Waals surface area contributed by atoms with Gasteiger partial charge in [0.25, 0.3) is 5.91 Å². The van der Waals surface area contributed by atoms with Gasteiger partial charge in [0, 0.05) is 19.1 Å². The minimum Gasteiger partial charge on any atom is -0.338 e. The molecule has 16 heavy (non-hydrogen) atoms. The van der Waals surface area contributed by atoms with Crippen molar-refractivity contribution in [2.75, 3.05) is 13.1 Å². The monoisotopic (exact) mass is 239 g/mol. The molecular weight excluding hydrogens is 222 g/mol. The Morgan fingerprint density at radius 3 is 3.19 bits per heavy atom. The third kappa shape index (κ3) is 2.25. The van der Waals surface area contributed by atoms with Gasteiger partial charge in [-0.05, 0) is 12.3 Å². The third-order valence-electron chi connectivity index (χ3n) is 3.25. The molecule has 0 spiro atoms. The van der Waals surface area contributed by atoms with Crippen molar-refractivity contribution in [2.24, 2.45) is 11.7 Å². The molecule has 0 radical (unpaired) electrons. The lowest BCUT2D eigenvalue weighted by atomic mass is 9.90. The molecule has 88 valence electrons. The number of rotatable bonds is 2. The maximum Gasteiger partial charge on any atom is 0.265 e. The molecule has 1 amide bonds. The first-order chi connectivity index (χ1) is 7.72. The number of hydrogen-bond acceptors (Lipinski definition) is 4. The number of thiazole rings is 1. The Labute approximate surface area is 99.5 Å². The van der Waals surface area contributed by atoms with Gasteiger partial charge in [-0.25, -0.2) is 0 Å². The van der Waals surface area contributed by atoms with Gasteiger partial charge in [0.2, 0.25) is 0 Å². The summed E-state index contributed by atoms with van der Waals surface area (Å²) in [6.45, 7) is 3.69. The maximum absolute atomic E-state index is 12.1. The molecule has 0 aromatic carbocycles. The summed E-state index contributed by atoms with van der Waals surface area (Å²) < 4.78 is 0. The predicted molar refractivity (Wildman–Crippen MR) is 64.4 cm³/mol. The molecule has 0 aliphatic carbocycles. The fourth-order valence-corrected chi connectivity index (χ4v) is 2.73. The molecule has 1 saturated heterocycles. The number of hydrogen-bond donors (Lipinski definition) is 1. The number of nitrogens with two attached hydrogens (primary N) is 1. The molecule has 2 heterocycles. The van der Waals surface area contributed by atoms with Crippen molar-refractivity contribution in [3.05, 3.63) is 16.6 Å². The Morgan fingerprint density at radius 1 is 1.75 bits per heavy atom. The number of nitrogens with zero attached hydrogens (tertiary/aromatic N) is 2. The van der Waals surface area contributed by atoms with Gasteiger partial charge in [-0.15, -0.1) is 11.3 Å². The first kappa shape index (κ1) is 11.5. The molecule has 1 aliphatic rings. The van der Waals surface area contributed by atoms with Crippen molar-refractivity contribution >= 4 is 17.2 Å². The van der Waals surface area contributed by atoms with Crippen LogP contribution in [-0.4, -0.2) is 34.9 Å². The Kier molecular flexibility index (Phi) is 3.56. The van der Waals surface area contributed by atoms with Crippen LogP contribution in [0, 0.1) is 5.92 Å². The summed E-state index contributed by atoms with van der Waals surface area (Å²) in [5.41, 5.74) is 7.72. The molecule has 2 atom stereocenters. The molecule has 2 N–H and O–H groups in total. The largest absolute Gasteiger partial charge is 0.338 e. The van der Waals surface area contributed by atoms with Gasteiger partial charge >= 0.3 is 0 Å². The van der Waals surface area contributed by atoms with E-state index in [9.17, 15) is 4.79 Å². The van der Waals surface area contributed by atoms with E-state index >= 15 is 0 Å². The normalized spacial score (nSPS) is 25.8. The molecule has 2 unspecified atom stereocenters. The Balaban J connectivity index is 2.03. The molecule has 0 saturated carbocycles. The highest BCUT2D eigenvalue weighted by molar-refractivity contribution is 7.11. The third-order valence-corrected chi connectivity index (χ3v) is 4.01. The topological polar surface area (TPSA) is 59.2 Å². The molecule has 1 aliphatic heterocycles. The predicted octanol–water partition coefficient (Wildman–Crippen LogP) is 1.34. The summed E-state index contributed by atoms with van der Waals surface area (Å²) in [4.78, 5) is 18.7. The van der Waals surface area contributed by atoms with E-state index < -0.39 is 0 Å². The van der Waals surface area contributed by atoms with Crippen molar-refractivity contribution in [2.45, 2.75) is 25.8 Å². The Morgan fingerprint density at radius 2 is 2.56 bits per heavy atom. The summed E-state index contributed by atoms with van der Waals surface area (Å²) in [5, 5.41) is 0. The first-order valence-electron chi connectivity index (χ1n) is 5.65. The molecule has 1 fully saturated rings. The van der Waals surface area contributed by atoms with Crippen LogP contribution in [0.15, 0.2) is 11.7 Å². The van der Waals surface area contributed by atoms with Crippen LogP contribution in [0.1, 0.15) is 29.4 Å². The standard InChI is InChI=1S/C11H17N3OS/c1-2-8-6-14(4-3-9(8)12)11(15)10-5-13-7-16-10/h5,7-9H,2-4,6,12H2,1H3. The summed E-state index contributed by atoms with van der Waals surface area (Å²) in [6.07, 6.45) is 3.58. The molecule has 0 bridgehead atoms. The van der Waals surface area contributed by atoms with Gasteiger partial charge in [-0.2, -0.15) is 0 Å². The number of aromatic nitrogens is 1. The molecule has 1 aromatic heterocycles. The number of piperidine rings is 1. The lowest BCUT2D eigenvalue weighted by Crippen LogP contribution is -2.48. The highest BCUT2D eigenvalue weighted by atomic mass is 32.1. The summed E-state index contributed by atoms with van der Waals surface area (Å²) in [7, 11) is 0. The Hall–Kier alpha value is -0.940. The summed E-state index contributed by atoms with van der Waals surface area (Å²) in [6, 6.07) is 0.246. The molecule has 2 rings (SSSR count). The second-order valence-corrected chi connectivity index (χ2v) is 5.12. The zero-order valence-corrected chi connectivity index (χ0v) is 10.2. The lowest BCUT2D eigenvalue weighted by molar-refractivity contribution is 0.0654.